The number of thiophene rings is 1. The molecule has 3 aromatic rings. The molecule has 26 heavy (non-hydrogen) atoms. The minimum atomic E-state index is -0.158. The molecule has 1 N–H and O–H groups in total. The first-order valence-corrected chi connectivity index (χ1v) is 9.65. The summed E-state index contributed by atoms with van der Waals surface area (Å²) in [6, 6.07) is 14.1. The number of carbonyl (C=O) groups is 1. The van der Waals surface area contributed by atoms with Gasteiger partial charge in [0.15, 0.2) is 0 Å². The highest BCUT2D eigenvalue weighted by molar-refractivity contribution is 7.17. The molecule has 134 valence electrons. The first kappa shape index (κ1) is 16.9. The van der Waals surface area contributed by atoms with Crippen LogP contribution < -0.4 is 14.8 Å². The third-order valence-corrected chi connectivity index (χ3v) is 5.81. The summed E-state index contributed by atoms with van der Waals surface area (Å²) in [6.45, 7) is 1.06. The third-order valence-electron chi connectivity index (χ3n) is 4.80. The molecule has 0 bridgehead atoms. The van der Waals surface area contributed by atoms with Crippen LogP contribution in [0.4, 0.5) is 0 Å². The summed E-state index contributed by atoms with van der Waals surface area (Å²) in [7, 11) is 1.64. The van der Waals surface area contributed by atoms with E-state index >= 15 is 0 Å². The molecule has 0 aliphatic carbocycles. The van der Waals surface area contributed by atoms with Crippen LogP contribution in [0.2, 0.25) is 0 Å². The highest BCUT2D eigenvalue weighted by atomic mass is 32.1. The number of rotatable bonds is 5. The van der Waals surface area contributed by atoms with Crippen molar-refractivity contribution in [3.8, 4) is 11.5 Å². The molecule has 0 saturated heterocycles. The maximum absolute atomic E-state index is 12.5. The van der Waals surface area contributed by atoms with E-state index in [-0.39, 0.29) is 11.8 Å². The Hall–Kier alpha value is -2.53. The molecule has 5 heteroatoms. The van der Waals surface area contributed by atoms with E-state index in [0.717, 1.165) is 23.5 Å². The first-order chi connectivity index (χ1) is 12.7. The Bertz CT molecular complexity index is 934. The summed E-state index contributed by atoms with van der Waals surface area (Å²) in [5, 5.41) is 6.54. The molecule has 0 saturated carbocycles. The molecule has 1 aliphatic rings. The molecule has 1 amide bonds. The normalized spacial score (nSPS) is 16.0. The standard InChI is InChI=1S/C21H21NO3S/c1-24-17-6-7-19-15(11-17)10-16(12-25-19)21(23)22-9-8-14-13-26-20-5-3-2-4-18(14)20/h2-7,11,13,16H,8-10,12H2,1H3,(H,22,23). The summed E-state index contributed by atoms with van der Waals surface area (Å²) in [4.78, 5) is 12.5. The van der Waals surface area contributed by atoms with E-state index in [2.05, 4.69) is 35.0 Å². The maximum atomic E-state index is 12.5. The van der Waals surface area contributed by atoms with Crippen molar-refractivity contribution in [1.82, 2.24) is 5.32 Å². The number of ether oxygens (including phenoxy) is 2. The molecule has 4 nitrogen and oxygen atoms in total. The van der Waals surface area contributed by atoms with Gasteiger partial charge in [-0.15, -0.1) is 11.3 Å². The van der Waals surface area contributed by atoms with E-state index < -0.39 is 0 Å². The minimum Gasteiger partial charge on any atom is -0.497 e. The number of carbonyl (C=O) groups excluding carboxylic acids is 1. The molecule has 0 radical (unpaired) electrons. The van der Waals surface area contributed by atoms with Crippen molar-refractivity contribution in [1.29, 1.82) is 0 Å². The molecule has 1 unspecified atom stereocenters. The van der Waals surface area contributed by atoms with Gasteiger partial charge in [0.25, 0.3) is 0 Å². The van der Waals surface area contributed by atoms with Crippen LogP contribution >= 0.6 is 11.3 Å². The number of methoxy groups -OCH3 is 1. The summed E-state index contributed by atoms with van der Waals surface area (Å²) in [6.07, 6.45) is 1.52. The molecule has 0 fully saturated rings. The van der Waals surface area contributed by atoms with E-state index in [1.54, 1.807) is 18.4 Å². The fourth-order valence-corrected chi connectivity index (χ4v) is 4.35. The van der Waals surface area contributed by atoms with Crippen LogP contribution in [0, 0.1) is 5.92 Å². The Morgan fingerprint density at radius 1 is 1.31 bits per heavy atom. The predicted molar refractivity (Wildman–Crippen MR) is 104 cm³/mol. The number of fused-ring (bicyclic) bond motifs is 2. The number of amides is 1. The van der Waals surface area contributed by atoms with Crippen LogP contribution in [0.25, 0.3) is 10.1 Å². The molecule has 1 aliphatic heterocycles. The summed E-state index contributed by atoms with van der Waals surface area (Å²) in [5.74, 6) is 1.53. The van der Waals surface area contributed by atoms with Crippen molar-refractivity contribution in [2.75, 3.05) is 20.3 Å². The summed E-state index contributed by atoms with van der Waals surface area (Å²) < 4.78 is 12.3. The third kappa shape index (κ3) is 3.40. The number of hydrogen-bond donors (Lipinski definition) is 1. The SMILES string of the molecule is COc1ccc2c(c1)CC(C(=O)NCCc1csc3ccccc13)CO2. The van der Waals surface area contributed by atoms with Gasteiger partial charge in [-0.2, -0.15) is 0 Å². The van der Waals surface area contributed by atoms with Crippen LogP contribution in [0.15, 0.2) is 47.8 Å². The Kier molecular flexibility index (Phi) is 4.80. The second kappa shape index (κ2) is 7.38. The molecule has 0 spiro atoms. The lowest BCUT2D eigenvalue weighted by Crippen LogP contribution is -2.38. The van der Waals surface area contributed by atoms with Crippen LogP contribution in [-0.4, -0.2) is 26.2 Å². The Morgan fingerprint density at radius 2 is 2.19 bits per heavy atom. The second-order valence-electron chi connectivity index (χ2n) is 6.48. The van der Waals surface area contributed by atoms with Crippen LogP contribution in [0.3, 0.4) is 0 Å². The lowest BCUT2D eigenvalue weighted by molar-refractivity contribution is -0.126. The van der Waals surface area contributed by atoms with Crippen molar-refractivity contribution < 1.29 is 14.3 Å². The quantitative estimate of drug-likeness (QED) is 0.746. The van der Waals surface area contributed by atoms with Gasteiger partial charge in [0.1, 0.15) is 18.1 Å². The zero-order valence-electron chi connectivity index (χ0n) is 14.7. The van der Waals surface area contributed by atoms with E-state index in [9.17, 15) is 4.79 Å². The molecular weight excluding hydrogens is 346 g/mol. The second-order valence-corrected chi connectivity index (χ2v) is 7.40. The van der Waals surface area contributed by atoms with Gasteiger partial charge in [-0.05, 0) is 59.0 Å². The zero-order valence-corrected chi connectivity index (χ0v) is 15.5. The largest absolute Gasteiger partial charge is 0.497 e. The van der Waals surface area contributed by atoms with Crippen LogP contribution in [0.1, 0.15) is 11.1 Å². The van der Waals surface area contributed by atoms with Crippen LogP contribution in [0.5, 0.6) is 11.5 Å². The van der Waals surface area contributed by atoms with Gasteiger partial charge in [0, 0.05) is 11.2 Å². The number of benzene rings is 2. The average Bonchev–Trinajstić information content (AvgIpc) is 3.10. The van der Waals surface area contributed by atoms with Gasteiger partial charge in [-0.25, -0.2) is 0 Å². The lowest BCUT2D eigenvalue weighted by atomic mass is 9.95. The molecule has 1 aromatic heterocycles. The van der Waals surface area contributed by atoms with Gasteiger partial charge in [0.2, 0.25) is 5.91 Å². The lowest BCUT2D eigenvalue weighted by Gasteiger charge is -2.25. The molecule has 4 rings (SSSR count). The van der Waals surface area contributed by atoms with E-state index in [0.29, 0.717) is 19.6 Å². The van der Waals surface area contributed by atoms with E-state index in [1.165, 1.54) is 15.6 Å². The van der Waals surface area contributed by atoms with Crippen molar-refractivity contribution in [2.24, 2.45) is 5.92 Å². The highest BCUT2D eigenvalue weighted by Gasteiger charge is 2.26. The van der Waals surface area contributed by atoms with E-state index in [4.69, 9.17) is 9.47 Å². The fraction of sp³-hybridized carbons (Fsp3) is 0.286. The van der Waals surface area contributed by atoms with Gasteiger partial charge in [-0.1, -0.05) is 18.2 Å². The van der Waals surface area contributed by atoms with Crippen LogP contribution in [-0.2, 0) is 17.6 Å². The summed E-state index contributed by atoms with van der Waals surface area (Å²) >= 11 is 1.75. The first-order valence-electron chi connectivity index (χ1n) is 8.77. The number of nitrogens with one attached hydrogen (secondary N) is 1. The molecular formula is C21H21NO3S. The van der Waals surface area contributed by atoms with Gasteiger partial charge >= 0.3 is 0 Å². The molecule has 2 aromatic carbocycles. The average molecular weight is 367 g/mol. The molecule has 1 atom stereocenters. The van der Waals surface area contributed by atoms with Crippen molar-refractivity contribution >= 4 is 27.3 Å². The summed E-state index contributed by atoms with van der Waals surface area (Å²) in [5.41, 5.74) is 2.32. The van der Waals surface area contributed by atoms with Crippen molar-refractivity contribution in [2.45, 2.75) is 12.8 Å². The van der Waals surface area contributed by atoms with E-state index in [1.807, 2.05) is 18.2 Å². The minimum absolute atomic E-state index is 0.0537. The van der Waals surface area contributed by atoms with Gasteiger partial charge < -0.3 is 14.8 Å². The smallest absolute Gasteiger partial charge is 0.226 e. The fourth-order valence-electron chi connectivity index (χ4n) is 3.36. The highest BCUT2D eigenvalue weighted by Crippen LogP contribution is 2.31. The maximum Gasteiger partial charge on any atom is 0.226 e. The number of hydrogen-bond acceptors (Lipinski definition) is 4. The van der Waals surface area contributed by atoms with Gasteiger partial charge in [-0.3, -0.25) is 4.79 Å². The predicted octanol–water partition coefficient (Wildman–Crippen LogP) is 3.82. The molecule has 2 heterocycles. The zero-order chi connectivity index (χ0) is 17.9. The topological polar surface area (TPSA) is 47.6 Å². The van der Waals surface area contributed by atoms with Crippen molar-refractivity contribution in [3.05, 3.63) is 59.0 Å². The monoisotopic (exact) mass is 367 g/mol. The van der Waals surface area contributed by atoms with Gasteiger partial charge in [0.05, 0.1) is 13.0 Å². The Labute approximate surface area is 156 Å². The Balaban J connectivity index is 1.35. The Morgan fingerprint density at radius 3 is 3.08 bits per heavy atom. The van der Waals surface area contributed by atoms with Crippen molar-refractivity contribution in [3.63, 3.8) is 0 Å².